The second kappa shape index (κ2) is 6.96. The minimum atomic E-state index is -0.350. The number of aryl methyl sites for hydroxylation is 1. The summed E-state index contributed by atoms with van der Waals surface area (Å²) < 4.78 is 14.6. The van der Waals surface area contributed by atoms with Crippen LogP contribution in [0.4, 0.5) is 4.39 Å². The van der Waals surface area contributed by atoms with Crippen molar-refractivity contribution < 1.29 is 4.39 Å². The fourth-order valence-electron chi connectivity index (χ4n) is 2.79. The molecule has 4 aromatic rings. The van der Waals surface area contributed by atoms with Gasteiger partial charge in [0.25, 0.3) is 5.56 Å². The largest absolute Gasteiger partial charge is 0.282 e. The lowest BCUT2D eigenvalue weighted by Crippen LogP contribution is -2.20. The van der Waals surface area contributed by atoms with Crippen molar-refractivity contribution in [2.24, 2.45) is 5.10 Å². The predicted molar refractivity (Wildman–Crippen MR) is 106 cm³/mol. The van der Waals surface area contributed by atoms with Gasteiger partial charge in [-0.05, 0) is 48.9 Å². The van der Waals surface area contributed by atoms with Crippen molar-refractivity contribution in [3.63, 3.8) is 0 Å². The molecular formula is C22H16FN3O. The van der Waals surface area contributed by atoms with E-state index in [1.54, 1.807) is 36.5 Å². The first-order chi connectivity index (χ1) is 13.1. The average Bonchev–Trinajstić information content (AvgIpc) is 2.69. The van der Waals surface area contributed by atoms with Gasteiger partial charge in [-0.2, -0.15) is 9.78 Å². The van der Waals surface area contributed by atoms with Crippen molar-refractivity contribution in [3.8, 4) is 11.4 Å². The fourth-order valence-corrected chi connectivity index (χ4v) is 2.79. The third kappa shape index (κ3) is 3.40. The van der Waals surface area contributed by atoms with E-state index in [1.807, 2.05) is 37.3 Å². The first kappa shape index (κ1) is 16.8. The van der Waals surface area contributed by atoms with Gasteiger partial charge in [-0.25, -0.2) is 9.37 Å². The van der Waals surface area contributed by atoms with Gasteiger partial charge in [-0.1, -0.05) is 42.0 Å². The lowest BCUT2D eigenvalue weighted by atomic mass is 10.2. The van der Waals surface area contributed by atoms with Crippen LogP contribution in [0.3, 0.4) is 0 Å². The molecule has 0 fully saturated rings. The fraction of sp³-hybridized carbons (Fsp3) is 0.0455. The molecule has 0 atom stereocenters. The molecule has 0 radical (unpaired) electrons. The Balaban J connectivity index is 1.92. The second-order valence-electron chi connectivity index (χ2n) is 6.23. The Labute approximate surface area is 155 Å². The summed E-state index contributed by atoms with van der Waals surface area (Å²) in [5.74, 6) is 0.0126. The highest BCUT2D eigenvalue weighted by atomic mass is 19.1. The van der Waals surface area contributed by atoms with Crippen LogP contribution in [0.2, 0.25) is 0 Å². The maximum atomic E-state index is 13.3. The van der Waals surface area contributed by atoms with E-state index < -0.39 is 0 Å². The Morgan fingerprint density at radius 2 is 1.67 bits per heavy atom. The third-order valence-electron chi connectivity index (χ3n) is 4.26. The molecule has 0 bridgehead atoms. The zero-order valence-corrected chi connectivity index (χ0v) is 14.6. The molecule has 0 saturated heterocycles. The lowest BCUT2D eigenvalue weighted by Gasteiger charge is -2.09. The summed E-state index contributed by atoms with van der Waals surface area (Å²) in [6.07, 6.45) is 1.62. The summed E-state index contributed by atoms with van der Waals surface area (Å²) in [5.41, 5.74) is 2.92. The zero-order valence-electron chi connectivity index (χ0n) is 14.6. The molecule has 0 aliphatic heterocycles. The van der Waals surface area contributed by atoms with Crippen molar-refractivity contribution in [1.29, 1.82) is 0 Å². The lowest BCUT2D eigenvalue weighted by molar-refractivity contribution is 0.628. The highest BCUT2D eigenvalue weighted by molar-refractivity contribution is 5.82. The number of fused-ring (bicyclic) bond motifs is 1. The van der Waals surface area contributed by atoms with Crippen LogP contribution >= 0.6 is 0 Å². The van der Waals surface area contributed by atoms with Crippen molar-refractivity contribution in [3.05, 3.63) is 100 Å². The molecule has 1 aromatic heterocycles. The molecule has 27 heavy (non-hydrogen) atoms. The highest BCUT2D eigenvalue weighted by Crippen LogP contribution is 2.19. The van der Waals surface area contributed by atoms with Gasteiger partial charge >= 0.3 is 0 Å². The van der Waals surface area contributed by atoms with E-state index in [4.69, 9.17) is 0 Å². The van der Waals surface area contributed by atoms with E-state index in [-0.39, 0.29) is 11.4 Å². The van der Waals surface area contributed by atoms with E-state index in [9.17, 15) is 9.18 Å². The molecule has 132 valence electrons. The predicted octanol–water partition coefficient (Wildman–Crippen LogP) is 4.39. The molecule has 0 aliphatic rings. The van der Waals surface area contributed by atoms with Crippen molar-refractivity contribution in [2.75, 3.05) is 0 Å². The van der Waals surface area contributed by atoms with Crippen LogP contribution in [0.15, 0.2) is 82.7 Å². The number of aromatic nitrogens is 2. The van der Waals surface area contributed by atoms with Gasteiger partial charge in [-0.15, -0.1) is 0 Å². The minimum absolute atomic E-state index is 0.275. The summed E-state index contributed by atoms with van der Waals surface area (Å²) in [7, 11) is 0. The normalized spacial score (nSPS) is 11.3. The molecule has 4 nitrogen and oxygen atoms in total. The number of hydrogen-bond donors (Lipinski definition) is 0. The maximum Gasteiger partial charge on any atom is 0.282 e. The molecule has 5 heteroatoms. The molecule has 0 unspecified atom stereocenters. The van der Waals surface area contributed by atoms with Crippen molar-refractivity contribution in [2.45, 2.75) is 6.92 Å². The SMILES string of the molecule is Cc1ccc(C=Nn2c(-c3ccc(F)cc3)nc3ccccc3c2=O)cc1. The number of benzene rings is 3. The third-order valence-corrected chi connectivity index (χ3v) is 4.26. The van der Waals surface area contributed by atoms with Crippen LogP contribution in [0, 0.1) is 12.7 Å². The maximum absolute atomic E-state index is 13.3. The van der Waals surface area contributed by atoms with Gasteiger partial charge in [0.15, 0.2) is 5.82 Å². The first-order valence-corrected chi connectivity index (χ1v) is 8.50. The van der Waals surface area contributed by atoms with Gasteiger partial charge in [0.1, 0.15) is 5.82 Å². The first-order valence-electron chi connectivity index (χ1n) is 8.50. The highest BCUT2D eigenvalue weighted by Gasteiger charge is 2.12. The smallest absolute Gasteiger partial charge is 0.267 e. The number of nitrogens with zero attached hydrogens (tertiary/aromatic N) is 3. The van der Waals surface area contributed by atoms with Crippen LogP contribution in [-0.4, -0.2) is 15.9 Å². The standard InChI is InChI=1S/C22H16FN3O/c1-15-6-8-16(9-7-15)14-24-26-21(17-10-12-18(23)13-11-17)25-20-5-3-2-4-19(20)22(26)27/h2-14H,1H3. The van der Waals surface area contributed by atoms with E-state index in [0.717, 1.165) is 11.1 Å². The zero-order chi connectivity index (χ0) is 18.8. The van der Waals surface area contributed by atoms with Crippen molar-refractivity contribution in [1.82, 2.24) is 9.66 Å². The molecule has 1 heterocycles. The van der Waals surface area contributed by atoms with Crippen LogP contribution in [0.5, 0.6) is 0 Å². The monoisotopic (exact) mass is 357 g/mol. The number of para-hydroxylation sites is 1. The second-order valence-corrected chi connectivity index (χ2v) is 6.23. The number of hydrogen-bond acceptors (Lipinski definition) is 3. The summed E-state index contributed by atoms with van der Waals surface area (Å²) in [6, 6.07) is 20.8. The summed E-state index contributed by atoms with van der Waals surface area (Å²) in [6.45, 7) is 2.01. The van der Waals surface area contributed by atoms with Gasteiger partial charge in [0.05, 0.1) is 17.1 Å². The molecule has 0 amide bonds. The average molecular weight is 357 g/mol. The molecule has 3 aromatic carbocycles. The Morgan fingerprint density at radius 1 is 0.963 bits per heavy atom. The van der Waals surface area contributed by atoms with Crippen LogP contribution in [0.25, 0.3) is 22.3 Å². The Morgan fingerprint density at radius 3 is 2.41 bits per heavy atom. The summed E-state index contributed by atoms with van der Waals surface area (Å²) >= 11 is 0. The Kier molecular flexibility index (Phi) is 4.34. The van der Waals surface area contributed by atoms with E-state index in [1.165, 1.54) is 16.8 Å². The van der Waals surface area contributed by atoms with Crippen molar-refractivity contribution >= 4 is 17.1 Å². The molecule has 0 aliphatic carbocycles. The van der Waals surface area contributed by atoms with Gasteiger partial charge in [0.2, 0.25) is 0 Å². The van der Waals surface area contributed by atoms with E-state index in [0.29, 0.717) is 22.3 Å². The molecule has 0 N–H and O–H groups in total. The molecule has 0 spiro atoms. The molecule has 4 rings (SSSR count). The summed E-state index contributed by atoms with van der Waals surface area (Å²) in [4.78, 5) is 17.6. The number of rotatable bonds is 3. The van der Waals surface area contributed by atoms with Gasteiger partial charge in [0, 0.05) is 5.56 Å². The number of halogens is 1. The van der Waals surface area contributed by atoms with Crippen LogP contribution in [-0.2, 0) is 0 Å². The Bertz CT molecular complexity index is 1190. The van der Waals surface area contributed by atoms with Gasteiger partial charge < -0.3 is 0 Å². The van der Waals surface area contributed by atoms with Crippen LogP contribution in [0.1, 0.15) is 11.1 Å². The topological polar surface area (TPSA) is 47.2 Å². The molecule has 0 saturated carbocycles. The summed E-state index contributed by atoms with van der Waals surface area (Å²) in [5, 5.41) is 4.85. The Hall–Kier alpha value is -3.60. The van der Waals surface area contributed by atoms with E-state index >= 15 is 0 Å². The molecular weight excluding hydrogens is 341 g/mol. The quantitative estimate of drug-likeness (QED) is 0.511. The minimum Gasteiger partial charge on any atom is -0.267 e. The van der Waals surface area contributed by atoms with Gasteiger partial charge in [-0.3, -0.25) is 4.79 Å². The van der Waals surface area contributed by atoms with E-state index in [2.05, 4.69) is 10.1 Å². The van der Waals surface area contributed by atoms with Crippen LogP contribution < -0.4 is 5.56 Å².